The lowest BCUT2D eigenvalue weighted by atomic mass is 10.00. The van der Waals surface area contributed by atoms with Gasteiger partial charge in [0.2, 0.25) is 0 Å². The predicted molar refractivity (Wildman–Crippen MR) is 205 cm³/mol. The number of hydrogen-bond donors (Lipinski definition) is 0. The molecule has 1 aromatic carbocycles. The molecular weight excluding hydrogens is 736 g/mol. The van der Waals surface area contributed by atoms with E-state index in [-0.39, 0.29) is 31.7 Å². The Balaban J connectivity index is 1.67. The number of rotatable bonds is 43. The number of ketones is 1. The minimum Gasteiger partial charge on any atom is -0.463 e. The number of carbonyl (C=O) groups is 3. The molecule has 16 heteroatoms. The van der Waals surface area contributed by atoms with E-state index >= 15 is 0 Å². The van der Waals surface area contributed by atoms with E-state index in [1.807, 2.05) is 6.92 Å². The van der Waals surface area contributed by atoms with Crippen molar-refractivity contribution in [1.82, 2.24) is 0 Å². The monoisotopic (exact) mass is 804 g/mol. The molecule has 0 fully saturated rings. The van der Waals surface area contributed by atoms with Crippen LogP contribution in [0.15, 0.2) is 30.3 Å². The molecule has 16 nitrogen and oxygen atoms in total. The van der Waals surface area contributed by atoms with Crippen LogP contribution < -0.4 is 0 Å². The van der Waals surface area contributed by atoms with Crippen LogP contribution in [0.2, 0.25) is 0 Å². The van der Waals surface area contributed by atoms with Gasteiger partial charge in [0, 0.05) is 5.56 Å². The standard InChI is InChI=1S/C40H68O16/c1-3-5-9-36(4-2)39(42)55-34-32-53-30-28-51-26-24-49-22-20-47-18-16-45-14-12-44-13-15-46-17-19-48-21-23-50-25-27-52-29-31-54-33-35-56-40(43)38(41)37-10-7-6-8-11-37/h6-8,10-11,36H,3-5,9,12-35H2,1-2H3. The molecule has 0 bridgehead atoms. The SMILES string of the molecule is CCCCC(CC)C(=O)OCCOCCOCCOCCOCCOCCOCCOCCOCCOCCOCCOCCOC(=O)C(=O)c1ccccc1. The second-order valence-corrected chi connectivity index (χ2v) is 12.0. The number of unbranched alkanes of at least 4 members (excludes halogenated alkanes) is 1. The van der Waals surface area contributed by atoms with E-state index in [4.69, 9.17) is 61.6 Å². The van der Waals surface area contributed by atoms with Crippen molar-refractivity contribution < 1.29 is 76.0 Å². The zero-order chi connectivity index (χ0) is 40.4. The van der Waals surface area contributed by atoms with E-state index in [2.05, 4.69) is 6.92 Å². The van der Waals surface area contributed by atoms with E-state index in [9.17, 15) is 14.4 Å². The molecule has 324 valence electrons. The molecule has 0 aromatic heterocycles. The molecule has 0 heterocycles. The number of ether oxygens (including phenoxy) is 13. The molecule has 0 N–H and O–H groups in total. The Morgan fingerprint density at radius 2 is 0.732 bits per heavy atom. The largest absolute Gasteiger partial charge is 0.463 e. The summed E-state index contributed by atoms with van der Waals surface area (Å²) < 4.78 is 70.2. The summed E-state index contributed by atoms with van der Waals surface area (Å²) in [6.07, 6.45) is 3.80. The Bertz CT molecular complexity index is 1030. The fraction of sp³-hybridized carbons (Fsp3) is 0.775. The van der Waals surface area contributed by atoms with Crippen molar-refractivity contribution in [2.45, 2.75) is 39.5 Å². The topological polar surface area (TPSA) is 171 Å². The van der Waals surface area contributed by atoms with Gasteiger partial charge in [-0.15, -0.1) is 0 Å². The van der Waals surface area contributed by atoms with Crippen LogP contribution in [-0.4, -0.2) is 176 Å². The van der Waals surface area contributed by atoms with Crippen molar-refractivity contribution in [2.75, 3.05) is 159 Å². The van der Waals surface area contributed by atoms with Gasteiger partial charge in [0.05, 0.1) is 151 Å². The van der Waals surface area contributed by atoms with Gasteiger partial charge in [0.15, 0.2) is 0 Å². The van der Waals surface area contributed by atoms with Crippen molar-refractivity contribution in [1.29, 1.82) is 0 Å². The summed E-state index contributed by atoms with van der Waals surface area (Å²) in [6.45, 7) is 14.0. The lowest BCUT2D eigenvalue weighted by Crippen LogP contribution is -2.20. The first-order chi connectivity index (χ1) is 27.6. The van der Waals surface area contributed by atoms with E-state index in [1.54, 1.807) is 30.3 Å². The Kier molecular flexibility index (Phi) is 37.3. The Labute approximate surface area is 333 Å². The summed E-state index contributed by atoms with van der Waals surface area (Å²) >= 11 is 0. The molecule has 0 spiro atoms. The number of carbonyl (C=O) groups excluding carboxylic acids is 3. The molecule has 0 radical (unpaired) electrons. The first-order valence-electron chi connectivity index (χ1n) is 19.9. The van der Waals surface area contributed by atoms with Gasteiger partial charge >= 0.3 is 11.9 Å². The van der Waals surface area contributed by atoms with Gasteiger partial charge in [-0.25, -0.2) is 4.79 Å². The lowest BCUT2D eigenvalue weighted by Gasteiger charge is -2.13. The predicted octanol–water partition coefficient (Wildman–Crippen LogP) is 3.35. The van der Waals surface area contributed by atoms with Crippen molar-refractivity contribution in [3.05, 3.63) is 35.9 Å². The third kappa shape index (κ3) is 32.5. The minimum absolute atomic E-state index is 0.00753. The van der Waals surface area contributed by atoms with Crippen LogP contribution >= 0.6 is 0 Å². The second-order valence-electron chi connectivity index (χ2n) is 12.0. The van der Waals surface area contributed by atoms with Crippen LogP contribution in [-0.2, 0) is 71.2 Å². The van der Waals surface area contributed by atoms with Crippen LogP contribution in [0.5, 0.6) is 0 Å². The van der Waals surface area contributed by atoms with Gasteiger partial charge in [-0.3, -0.25) is 9.59 Å². The Hall–Kier alpha value is -2.61. The molecule has 0 aliphatic carbocycles. The molecule has 1 aromatic rings. The maximum absolute atomic E-state index is 12.0. The highest BCUT2D eigenvalue weighted by Gasteiger charge is 2.18. The third-order valence-electron chi connectivity index (χ3n) is 7.61. The van der Waals surface area contributed by atoms with Gasteiger partial charge in [-0.1, -0.05) is 57.0 Å². The number of Topliss-reactive ketones (excluding diaryl/α,β-unsaturated/α-hetero) is 1. The quantitative estimate of drug-likeness (QED) is 0.0407. The molecule has 0 aliphatic rings. The number of benzene rings is 1. The summed E-state index contributed by atoms with van der Waals surface area (Å²) in [5.41, 5.74) is 0.292. The third-order valence-corrected chi connectivity index (χ3v) is 7.61. The van der Waals surface area contributed by atoms with E-state index < -0.39 is 11.8 Å². The van der Waals surface area contributed by atoms with Gasteiger partial charge in [0.1, 0.15) is 13.2 Å². The lowest BCUT2D eigenvalue weighted by molar-refractivity contribution is -0.150. The molecule has 56 heavy (non-hydrogen) atoms. The minimum atomic E-state index is -0.901. The highest BCUT2D eigenvalue weighted by Crippen LogP contribution is 2.14. The summed E-state index contributed by atoms with van der Waals surface area (Å²) in [5.74, 6) is -1.72. The van der Waals surface area contributed by atoms with Crippen molar-refractivity contribution >= 4 is 17.7 Å². The molecule has 0 aliphatic heterocycles. The van der Waals surface area contributed by atoms with Crippen LogP contribution in [0.1, 0.15) is 49.9 Å². The van der Waals surface area contributed by atoms with E-state index in [0.29, 0.717) is 144 Å². The van der Waals surface area contributed by atoms with Crippen LogP contribution in [0.4, 0.5) is 0 Å². The van der Waals surface area contributed by atoms with Gasteiger partial charge in [-0.05, 0) is 12.8 Å². The van der Waals surface area contributed by atoms with Crippen LogP contribution in [0.3, 0.4) is 0 Å². The Morgan fingerprint density at radius 1 is 0.429 bits per heavy atom. The zero-order valence-electron chi connectivity index (χ0n) is 33.8. The number of hydrogen-bond acceptors (Lipinski definition) is 16. The fourth-order valence-corrected chi connectivity index (χ4v) is 4.53. The Morgan fingerprint density at radius 3 is 1.04 bits per heavy atom. The molecule has 1 atom stereocenters. The van der Waals surface area contributed by atoms with Gasteiger partial charge in [-0.2, -0.15) is 0 Å². The van der Waals surface area contributed by atoms with Crippen molar-refractivity contribution in [2.24, 2.45) is 5.92 Å². The van der Waals surface area contributed by atoms with Crippen LogP contribution in [0, 0.1) is 5.92 Å². The first kappa shape index (κ1) is 51.4. The summed E-state index contributed by atoms with van der Waals surface area (Å²) in [6, 6.07) is 8.25. The van der Waals surface area contributed by atoms with E-state index in [1.165, 1.54) is 0 Å². The van der Waals surface area contributed by atoms with E-state index in [0.717, 1.165) is 25.7 Å². The molecule has 0 amide bonds. The fourth-order valence-electron chi connectivity index (χ4n) is 4.53. The summed E-state index contributed by atoms with van der Waals surface area (Å²) in [7, 11) is 0. The molecule has 1 unspecified atom stereocenters. The molecular formula is C40H68O16. The zero-order valence-corrected chi connectivity index (χ0v) is 33.8. The second kappa shape index (κ2) is 40.6. The summed E-state index contributed by atoms with van der Waals surface area (Å²) in [4.78, 5) is 35.7. The summed E-state index contributed by atoms with van der Waals surface area (Å²) in [5, 5.41) is 0. The normalized spacial score (nSPS) is 11.8. The van der Waals surface area contributed by atoms with Gasteiger partial charge in [0.25, 0.3) is 5.78 Å². The van der Waals surface area contributed by atoms with Gasteiger partial charge < -0.3 is 61.6 Å². The van der Waals surface area contributed by atoms with Crippen LogP contribution in [0.25, 0.3) is 0 Å². The molecule has 0 saturated heterocycles. The average molecular weight is 805 g/mol. The maximum atomic E-state index is 12.0. The maximum Gasteiger partial charge on any atom is 0.379 e. The molecule has 1 rings (SSSR count). The highest BCUT2D eigenvalue weighted by atomic mass is 16.6. The average Bonchev–Trinajstić information content (AvgIpc) is 3.22. The first-order valence-corrected chi connectivity index (χ1v) is 19.9. The number of esters is 2. The highest BCUT2D eigenvalue weighted by molar-refractivity contribution is 6.40. The smallest absolute Gasteiger partial charge is 0.379 e. The van der Waals surface area contributed by atoms with Crippen molar-refractivity contribution in [3.8, 4) is 0 Å². The molecule has 0 saturated carbocycles. The van der Waals surface area contributed by atoms with Crippen molar-refractivity contribution in [3.63, 3.8) is 0 Å².